The van der Waals surface area contributed by atoms with Crippen molar-refractivity contribution in [3.05, 3.63) is 145 Å². The lowest BCUT2D eigenvalue weighted by molar-refractivity contribution is 0.104. The van der Waals surface area contributed by atoms with Crippen LogP contribution in [0, 0.1) is 0 Å². The molecule has 280 valence electrons. The van der Waals surface area contributed by atoms with Gasteiger partial charge in [0.1, 0.15) is 0 Å². The number of aromatic nitrogens is 3. The summed E-state index contributed by atoms with van der Waals surface area (Å²) in [5.41, 5.74) is 9.58. The van der Waals surface area contributed by atoms with E-state index in [0.717, 1.165) is 95.8 Å². The third-order valence-electron chi connectivity index (χ3n) is 10.8. The molecule has 3 aromatic carbocycles. The van der Waals surface area contributed by atoms with Gasteiger partial charge in [0.05, 0.1) is 29.4 Å². The Bertz CT molecular complexity index is 2210. The average Bonchev–Trinajstić information content (AvgIpc) is 3.51. The van der Waals surface area contributed by atoms with Gasteiger partial charge in [-0.2, -0.15) is 5.10 Å². The Morgan fingerprint density at radius 2 is 1.57 bits per heavy atom. The predicted octanol–water partition coefficient (Wildman–Crippen LogP) is 9.19. The fraction of sp³-hybridized carbons (Fsp3) is 0.364. The van der Waals surface area contributed by atoms with Gasteiger partial charge in [-0.3, -0.25) is 9.78 Å². The van der Waals surface area contributed by atoms with Crippen LogP contribution in [0.1, 0.15) is 78.7 Å². The average molecular weight is 765 g/mol. The fourth-order valence-corrected chi connectivity index (χ4v) is 8.29. The Kier molecular flexibility index (Phi) is 12.1. The summed E-state index contributed by atoms with van der Waals surface area (Å²) in [7, 11) is 2.14. The first kappa shape index (κ1) is 37.8. The molecule has 1 amide bonds. The van der Waals surface area contributed by atoms with Crippen LogP contribution in [-0.2, 0) is 24.0 Å². The molecule has 4 heterocycles. The Morgan fingerprint density at radius 3 is 2.35 bits per heavy atom. The first-order valence-corrected chi connectivity index (χ1v) is 19.8. The van der Waals surface area contributed by atoms with Gasteiger partial charge in [-0.1, -0.05) is 71.2 Å². The van der Waals surface area contributed by atoms with E-state index < -0.39 is 0 Å². The van der Waals surface area contributed by atoms with Crippen molar-refractivity contribution >= 4 is 45.6 Å². The lowest BCUT2D eigenvalue weighted by Crippen LogP contribution is -2.37. The van der Waals surface area contributed by atoms with E-state index in [1.165, 1.54) is 27.8 Å². The summed E-state index contributed by atoms with van der Waals surface area (Å²) in [6, 6.07) is 26.2. The van der Waals surface area contributed by atoms with Crippen LogP contribution >= 0.6 is 23.2 Å². The maximum atomic E-state index is 13.1. The van der Waals surface area contributed by atoms with E-state index in [0.29, 0.717) is 26.1 Å². The molecular formula is C44H47Cl2N5O3. The summed E-state index contributed by atoms with van der Waals surface area (Å²) < 4.78 is 6.91. The minimum Gasteiger partial charge on any atom is -0.450 e. The number of likely N-dealkylation sites (tertiary alicyclic amines) is 2. The Balaban J connectivity index is 0.000000167. The summed E-state index contributed by atoms with van der Waals surface area (Å²) >= 11 is 12.3. The number of ether oxygens (including phenoxy) is 1. The molecule has 0 radical (unpaired) electrons. The Labute approximate surface area is 327 Å². The zero-order valence-corrected chi connectivity index (χ0v) is 32.6. The second-order valence-corrected chi connectivity index (χ2v) is 15.3. The number of hydrogen-bond donors (Lipinski definition) is 0. The van der Waals surface area contributed by atoms with E-state index in [4.69, 9.17) is 38.0 Å². The Morgan fingerprint density at radius 1 is 0.833 bits per heavy atom. The van der Waals surface area contributed by atoms with E-state index in [2.05, 4.69) is 30.1 Å². The van der Waals surface area contributed by atoms with Gasteiger partial charge in [0, 0.05) is 46.7 Å². The maximum Gasteiger partial charge on any atom is 0.409 e. The highest BCUT2D eigenvalue weighted by atomic mass is 35.5. The van der Waals surface area contributed by atoms with Crippen molar-refractivity contribution in [2.45, 2.75) is 64.3 Å². The lowest BCUT2D eigenvalue weighted by Gasteiger charge is -2.29. The number of carbonyl (C=O) groups excluding carboxylic acids is 1. The second-order valence-electron chi connectivity index (χ2n) is 14.4. The second kappa shape index (κ2) is 17.3. The van der Waals surface area contributed by atoms with Gasteiger partial charge in [0.15, 0.2) is 0 Å². The number of fused-ring (bicyclic) bond motifs is 3. The van der Waals surface area contributed by atoms with Crippen molar-refractivity contribution in [2.24, 2.45) is 0 Å². The highest BCUT2D eigenvalue weighted by molar-refractivity contribution is 6.31. The molecule has 1 aliphatic carbocycles. The summed E-state index contributed by atoms with van der Waals surface area (Å²) in [5.74, 6) is 0. The van der Waals surface area contributed by atoms with E-state index in [1.54, 1.807) is 9.58 Å². The number of aryl methyl sites for hydroxylation is 2. The number of benzene rings is 3. The molecule has 1 atom stereocenters. The van der Waals surface area contributed by atoms with E-state index >= 15 is 0 Å². The van der Waals surface area contributed by atoms with Gasteiger partial charge in [0.25, 0.3) is 5.56 Å². The van der Waals surface area contributed by atoms with Crippen molar-refractivity contribution < 1.29 is 9.53 Å². The Hall–Kier alpha value is -4.50. The van der Waals surface area contributed by atoms with Crippen LogP contribution in [0.4, 0.5) is 4.79 Å². The maximum absolute atomic E-state index is 13.1. The highest BCUT2D eigenvalue weighted by Crippen LogP contribution is 2.38. The van der Waals surface area contributed by atoms with Gasteiger partial charge >= 0.3 is 6.09 Å². The van der Waals surface area contributed by atoms with Gasteiger partial charge in [-0.05, 0) is 131 Å². The molecule has 2 saturated heterocycles. The van der Waals surface area contributed by atoms with Crippen LogP contribution in [-0.4, -0.2) is 70.5 Å². The van der Waals surface area contributed by atoms with Crippen LogP contribution in [0.15, 0.2) is 95.4 Å². The van der Waals surface area contributed by atoms with Gasteiger partial charge < -0.3 is 14.5 Å². The molecular weight excluding hydrogens is 717 g/mol. The van der Waals surface area contributed by atoms with Crippen LogP contribution in [0.25, 0.3) is 16.3 Å². The molecule has 3 aliphatic rings. The molecule has 54 heavy (non-hydrogen) atoms. The molecule has 1 unspecified atom stereocenters. The standard InChI is InChI=1S/C22H24ClN3O.C22H23ClN2O2/c1-25-13-4-5-18(12-14-25)26-22(27)20-7-3-2-6-19(20)21(24-26)15-16-8-10-17(23)11-9-16;1-2-27-22(26)25-12-9-15(10-13-25)20-19-8-7-18(23)14-17(19)6-5-16-4-3-11-24-21(16)20/h2-3,6-11,18H,4-5,12-15H2,1H3;3-4,7-8,11,14H,2,5-6,9-10,12-13H2,1H3. The molecule has 8 rings (SSSR count). The molecule has 0 saturated carbocycles. The van der Waals surface area contributed by atoms with Crippen molar-refractivity contribution in [1.29, 1.82) is 0 Å². The van der Waals surface area contributed by atoms with E-state index in [-0.39, 0.29) is 17.7 Å². The lowest BCUT2D eigenvalue weighted by atomic mass is 9.88. The van der Waals surface area contributed by atoms with Crippen LogP contribution in [0.3, 0.4) is 0 Å². The van der Waals surface area contributed by atoms with E-state index in [9.17, 15) is 9.59 Å². The number of rotatable bonds is 4. The molecule has 2 fully saturated rings. The van der Waals surface area contributed by atoms with Crippen molar-refractivity contribution in [3.63, 3.8) is 0 Å². The third-order valence-corrected chi connectivity index (χ3v) is 11.3. The third kappa shape index (κ3) is 8.57. The number of halogens is 2. The zero-order valence-electron chi connectivity index (χ0n) is 31.1. The minimum atomic E-state index is -0.215. The molecule has 5 aromatic rings. The largest absolute Gasteiger partial charge is 0.450 e. The number of amides is 1. The quantitative estimate of drug-likeness (QED) is 0.182. The minimum absolute atomic E-state index is 0.0278. The predicted molar refractivity (Wildman–Crippen MR) is 218 cm³/mol. The van der Waals surface area contributed by atoms with Crippen molar-refractivity contribution in [3.8, 4) is 0 Å². The molecule has 10 heteroatoms. The molecule has 0 N–H and O–H groups in total. The summed E-state index contributed by atoms with van der Waals surface area (Å²) in [5, 5.41) is 8.06. The van der Waals surface area contributed by atoms with Crippen LogP contribution in [0.2, 0.25) is 10.0 Å². The molecule has 8 nitrogen and oxygen atoms in total. The molecule has 2 aliphatic heterocycles. The highest BCUT2D eigenvalue weighted by Gasteiger charge is 2.27. The monoisotopic (exact) mass is 763 g/mol. The van der Waals surface area contributed by atoms with E-state index in [1.807, 2.05) is 73.8 Å². The number of hydrogen-bond acceptors (Lipinski definition) is 6. The fourth-order valence-electron chi connectivity index (χ4n) is 7.97. The first-order chi connectivity index (χ1) is 26.3. The number of pyridine rings is 1. The van der Waals surface area contributed by atoms with Crippen LogP contribution in [0.5, 0.6) is 0 Å². The van der Waals surface area contributed by atoms with Crippen LogP contribution < -0.4 is 5.56 Å². The summed E-state index contributed by atoms with van der Waals surface area (Å²) in [6.45, 7) is 5.69. The number of carbonyl (C=O) groups is 1. The van der Waals surface area contributed by atoms with Crippen molar-refractivity contribution in [1.82, 2.24) is 24.6 Å². The van der Waals surface area contributed by atoms with Gasteiger partial charge in [0.2, 0.25) is 0 Å². The molecule has 0 spiro atoms. The normalized spacial score (nSPS) is 17.5. The molecule has 0 bridgehead atoms. The van der Waals surface area contributed by atoms with Gasteiger partial charge in [-0.25, -0.2) is 9.48 Å². The first-order valence-electron chi connectivity index (χ1n) is 19.1. The topological polar surface area (TPSA) is 80.6 Å². The smallest absolute Gasteiger partial charge is 0.409 e. The van der Waals surface area contributed by atoms with Gasteiger partial charge in [-0.15, -0.1) is 0 Å². The summed E-state index contributed by atoms with van der Waals surface area (Å²) in [6.07, 6.45) is 8.99. The SMILES string of the molecule is CCOC(=O)N1CCC(=C2c3ccc(Cl)cc3CCc3cccnc32)CC1.CN1CCCC(n2nc(Cc3ccc(Cl)cc3)c3ccccc3c2=O)CC1. The number of nitrogens with zero attached hydrogens (tertiary/aromatic N) is 5. The number of piperidine rings is 1. The van der Waals surface area contributed by atoms with Crippen molar-refractivity contribution in [2.75, 3.05) is 39.8 Å². The zero-order chi connectivity index (χ0) is 37.6. The summed E-state index contributed by atoms with van der Waals surface area (Å²) in [4.78, 5) is 34.0. The molecule has 2 aromatic heterocycles.